The van der Waals surface area contributed by atoms with Crippen LogP contribution in [0, 0.1) is 0 Å². The van der Waals surface area contributed by atoms with Gasteiger partial charge in [0.2, 0.25) is 5.91 Å². The van der Waals surface area contributed by atoms with E-state index in [4.69, 9.17) is 11.6 Å². The fourth-order valence-electron chi connectivity index (χ4n) is 3.34. The molecule has 0 radical (unpaired) electrons. The average molecular weight is 359 g/mol. The van der Waals surface area contributed by atoms with Crippen molar-refractivity contribution in [1.29, 1.82) is 0 Å². The fourth-order valence-corrected chi connectivity index (χ4v) is 3.54. The van der Waals surface area contributed by atoms with Crippen molar-refractivity contribution >= 4 is 17.5 Å². The molecular formula is C20H23ClN2O2. The van der Waals surface area contributed by atoms with Crippen LogP contribution in [0.4, 0.5) is 0 Å². The molecule has 4 nitrogen and oxygen atoms in total. The van der Waals surface area contributed by atoms with Gasteiger partial charge in [0.15, 0.2) is 0 Å². The minimum Gasteiger partial charge on any atom is -0.508 e. The molecule has 1 atom stereocenters. The topological polar surface area (TPSA) is 43.8 Å². The highest BCUT2D eigenvalue weighted by Crippen LogP contribution is 2.24. The molecule has 0 bridgehead atoms. The lowest BCUT2D eigenvalue weighted by molar-refractivity contribution is -0.135. The lowest BCUT2D eigenvalue weighted by atomic mass is 10.1. The van der Waals surface area contributed by atoms with E-state index in [2.05, 4.69) is 11.8 Å². The Kier molecular flexibility index (Phi) is 5.61. The van der Waals surface area contributed by atoms with Crippen molar-refractivity contribution in [3.8, 4) is 5.75 Å². The van der Waals surface area contributed by atoms with E-state index in [0.29, 0.717) is 24.5 Å². The number of rotatable bonds is 4. The number of phenols is 1. The van der Waals surface area contributed by atoms with Gasteiger partial charge in [-0.2, -0.15) is 0 Å². The van der Waals surface area contributed by atoms with Gasteiger partial charge in [0.25, 0.3) is 0 Å². The monoisotopic (exact) mass is 358 g/mol. The van der Waals surface area contributed by atoms with Gasteiger partial charge >= 0.3 is 0 Å². The Hall–Kier alpha value is -2.04. The van der Waals surface area contributed by atoms with Crippen molar-refractivity contribution in [2.75, 3.05) is 19.6 Å². The highest BCUT2D eigenvalue weighted by molar-refractivity contribution is 6.30. The number of hydrogen-bond acceptors (Lipinski definition) is 3. The summed E-state index contributed by atoms with van der Waals surface area (Å²) in [5.74, 6) is 0.434. The number of nitrogens with zero attached hydrogens (tertiary/aromatic N) is 2. The predicted octanol–water partition coefficient (Wildman–Crippen LogP) is 3.32. The molecular weight excluding hydrogens is 336 g/mol. The summed E-state index contributed by atoms with van der Waals surface area (Å²) in [4.78, 5) is 16.8. The molecule has 1 heterocycles. The zero-order chi connectivity index (χ0) is 17.8. The molecule has 3 rings (SSSR count). The van der Waals surface area contributed by atoms with Crippen molar-refractivity contribution in [3.63, 3.8) is 0 Å². The van der Waals surface area contributed by atoms with Crippen LogP contribution in [-0.4, -0.2) is 46.5 Å². The van der Waals surface area contributed by atoms with Crippen molar-refractivity contribution in [1.82, 2.24) is 9.80 Å². The molecule has 5 heteroatoms. The van der Waals surface area contributed by atoms with Gasteiger partial charge in [-0.25, -0.2) is 0 Å². The number of piperazine rings is 1. The normalized spacial score (nSPS) is 18.3. The van der Waals surface area contributed by atoms with E-state index >= 15 is 0 Å². The Bertz CT molecular complexity index is 736. The summed E-state index contributed by atoms with van der Waals surface area (Å²) in [5, 5.41) is 10.6. The molecule has 1 aliphatic heterocycles. The zero-order valence-electron chi connectivity index (χ0n) is 14.4. The first-order chi connectivity index (χ1) is 12.0. The van der Waals surface area contributed by atoms with E-state index in [1.165, 1.54) is 0 Å². The van der Waals surface area contributed by atoms with Gasteiger partial charge in [-0.05, 0) is 30.7 Å². The molecule has 0 aromatic heterocycles. The maximum Gasteiger partial charge on any atom is 0.227 e. The van der Waals surface area contributed by atoms with Crippen molar-refractivity contribution in [3.05, 3.63) is 64.7 Å². The number of hydrogen-bond donors (Lipinski definition) is 1. The number of amides is 1. The molecule has 1 aliphatic rings. The summed E-state index contributed by atoms with van der Waals surface area (Å²) in [7, 11) is 0. The molecule has 1 unspecified atom stereocenters. The van der Waals surface area contributed by atoms with Gasteiger partial charge < -0.3 is 10.0 Å². The lowest BCUT2D eigenvalue weighted by Gasteiger charge is -2.40. The van der Waals surface area contributed by atoms with Crippen molar-refractivity contribution in [2.24, 2.45) is 0 Å². The van der Waals surface area contributed by atoms with Crippen LogP contribution in [0.2, 0.25) is 5.02 Å². The molecule has 132 valence electrons. The first-order valence-electron chi connectivity index (χ1n) is 8.56. The van der Waals surface area contributed by atoms with Crippen LogP contribution in [0.3, 0.4) is 0 Å². The third-order valence-electron chi connectivity index (χ3n) is 4.67. The number of phenolic OH excluding ortho intramolecular Hbond substituents is 1. The molecule has 0 saturated carbocycles. The second kappa shape index (κ2) is 7.89. The minimum atomic E-state index is 0.145. The summed E-state index contributed by atoms with van der Waals surface area (Å²) in [6.07, 6.45) is 0.445. The van der Waals surface area contributed by atoms with Crippen LogP contribution in [0.1, 0.15) is 18.1 Å². The number of halogens is 1. The number of benzene rings is 2. The number of aromatic hydroxyl groups is 1. The quantitative estimate of drug-likeness (QED) is 0.911. The van der Waals surface area contributed by atoms with E-state index < -0.39 is 0 Å². The molecule has 0 spiro atoms. The number of carbonyl (C=O) groups is 1. The molecule has 25 heavy (non-hydrogen) atoms. The van der Waals surface area contributed by atoms with Gasteiger partial charge in [-0.3, -0.25) is 9.69 Å². The minimum absolute atomic E-state index is 0.145. The first kappa shape index (κ1) is 17.8. The second-order valence-corrected chi connectivity index (χ2v) is 7.04. The molecule has 1 fully saturated rings. The molecule has 2 aromatic rings. The van der Waals surface area contributed by atoms with Crippen LogP contribution in [0.25, 0.3) is 0 Å². The van der Waals surface area contributed by atoms with E-state index in [0.717, 1.165) is 24.2 Å². The van der Waals surface area contributed by atoms with E-state index in [1.54, 1.807) is 18.2 Å². The molecule has 0 aliphatic carbocycles. The van der Waals surface area contributed by atoms with Crippen LogP contribution < -0.4 is 0 Å². The zero-order valence-corrected chi connectivity index (χ0v) is 15.1. The predicted molar refractivity (Wildman–Crippen MR) is 99.7 cm³/mol. The number of carbonyl (C=O) groups excluding carboxylic acids is 1. The second-order valence-electron chi connectivity index (χ2n) is 6.61. The summed E-state index contributed by atoms with van der Waals surface area (Å²) >= 11 is 6.02. The largest absolute Gasteiger partial charge is 0.508 e. The van der Waals surface area contributed by atoms with Crippen LogP contribution >= 0.6 is 11.6 Å². The van der Waals surface area contributed by atoms with Crippen LogP contribution in [0.5, 0.6) is 5.75 Å². The Morgan fingerprint density at radius 3 is 2.68 bits per heavy atom. The Balaban J connectivity index is 1.58. The van der Waals surface area contributed by atoms with Gasteiger partial charge in [0, 0.05) is 42.8 Å². The SMILES string of the molecule is CC1CN(Cc2cc(Cl)ccc2O)CCN1C(=O)Cc1ccccc1. The van der Waals surface area contributed by atoms with E-state index in [9.17, 15) is 9.90 Å². The smallest absolute Gasteiger partial charge is 0.227 e. The summed E-state index contributed by atoms with van der Waals surface area (Å²) in [5.41, 5.74) is 1.87. The molecule has 2 aromatic carbocycles. The third-order valence-corrected chi connectivity index (χ3v) is 4.90. The fraction of sp³-hybridized carbons (Fsp3) is 0.350. The molecule has 1 saturated heterocycles. The highest BCUT2D eigenvalue weighted by Gasteiger charge is 2.27. The van der Waals surface area contributed by atoms with E-state index in [-0.39, 0.29) is 17.7 Å². The third kappa shape index (κ3) is 4.53. The maximum absolute atomic E-state index is 12.6. The first-order valence-corrected chi connectivity index (χ1v) is 8.94. The Labute approximate surface area is 153 Å². The van der Waals surface area contributed by atoms with Gasteiger partial charge in [0.1, 0.15) is 5.75 Å². The summed E-state index contributed by atoms with van der Waals surface area (Å²) in [6, 6.07) is 15.1. The van der Waals surface area contributed by atoms with Crippen LogP contribution in [0.15, 0.2) is 48.5 Å². The summed E-state index contributed by atoms with van der Waals surface area (Å²) < 4.78 is 0. The van der Waals surface area contributed by atoms with E-state index in [1.807, 2.05) is 35.2 Å². The lowest BCUT2D eigenvalue weighted by Crippen LogP contribution is -2.54. The molecule has 1 amide bonds. The highest BCUT2D eigenvalue weighted by atomic mass is 35.5. The Morgan fingerprint density at radius 1 is 1.20 bits per heavy atom. The standard InChI is InChI=1S/C20H23ClN2O2/c1-15-13-22(14-17-12-18(21)7-8-19(17)24)9-10-23(15)20(25)11-16-5-3-2-4-6-16/h2-8,12,15,24H,9-11,13-14H2,1H3. The average Bonchev–Trinajstić information content (AvgIpc) is 2.59. The summed E-state index contributed by atoms with van der Waals surface area (Å²) in [6.45, 7) is 4.99. The van der Waals surface area contributed by atoms with Gasteiger partial charge in [-0.1, -0.05) is 41.9 Å². The Morgan fingerprint density at radius 2 is 1.96 bits per heavy atom. The van der Waals surface area contributed by atoms with Gasteiger partial charge in [-0.15, -0.1) is 0 Å². The molecule has 1 N–H and O–H groups in total. The van der Waals surface area contributed by atoms with Crippen molar-refractivity contribution < 1.29 is 9.90 Å². The maximum atomic E-state index is 12.6. The van der Waals surface area contributed by atoms with Gasteiger partial charge in [0.05, 0.1) is 6.42 Å². The van der Waals surface area contributed by atoms with Crippen LogP contribution in [-0.2, 0) is 17.8 Å². The van der Waals surface area contributed by atoms with Crippen molar-refractivity contribution in [2.45, 2.75) is 25.9 Å².